The smallest absolute Gasteiger partial charge is 0.0623 e. The van der Waals surface area contributed by atoms with Gasteiger partial charge >= 0.3 is 0 Å². The maximum atomic E-state index is 2.45. The van der Waals surface area contributed by atoms with Crippen LogP contribution in [-0.2, 0) is 0 Å². The third-order valence-electron chi connectivity index (χ3n) is 7.59. The Labute approximate surface area is 201 Å². The quantitative estimate of drug-likeness (QED) is 0.236. The molecule has 0 saturated heterocycles. The number of aryl methyl sites for hydroxylation is 1. The molecule has 1 heterocycles. The van der Waals surface area contributed by atoms with Crippen molar-refractivity contribution in [2.24, 2.45) is 0 Å². The standard InChI is InChI=1S/C33H24Si/c1-23-16-17-24-18-19-28-27(30(24)22-23)20-21-32-33(28)29-14-8-9-15-31(29)34(32,25-10-4-2-5-11-25)26-12-6-3-7-13-26/h2-22H,1H3. The van der Waals surface area contributed by atoms with Gasteiger partial charge in [0.05, 0.1) is 0 Å². The summed E-state index contributed by atoms with van der Waals surface area (Å²) < 4.78 is 0. The lowest BCUT2D eigenvalue weighted by Crippen LogP contribution is -2.72. The molecule has 0 N–H and O–H groups in total. The van der Waals surface area contributed by atoms with E-state index in [1.165, 1.54) is 59.0 Å². The number of hydrogen-bond donors (Lipinski definition) is 0. The molecule has 0 atom stereocenters. The maximum Gasteiger partial charge on any atom is 0.180 e. The van der Waals surface area contributed by atoms with E-state index in [0.29, 0.717) is 0 Å². The van der Waals surface area contributed by atoms with Crippen LogP contribution in [0, 0.1) is 6.92 Å². The normalized spacial score (nSPS) is 13.7. The van der Waals surface area contributed by atoms with Crippen molar-refractivity contribution in [3.8, 4) is 11.1 Å². The van der Waals surface area contributed by atoms with Crippen LogP contribution in [0.2, 0.25) is 0 Å². The number of hydrogen-bond acceptors (Lipinski definition) is 0. The van der Waals surface area contributed by atoms with E-state index in [1.54, 1.807) is 0 Å². The minimum Gasteiger partial charge on any atom is -0.0623 e. The molecule has 0 unspecified atom stereocenters. The summed E-state index contributed by atoms with van der Waals surface area (Å²) in [6.07, 6.45) is 0. The number of benzene rings is 6. The van der Waals surface area contributed by atoms with Crippen molar-refractivity contribution >= 4 is 50.4 Å². The topological polar surface area (TPSA) is 0 Å². The fourth-order valence-corrected chi connectivity index (χ4v) is 11.4. The van der Waals surface area contributed by atoms with Crippen molar-refractivity contribution in [1.82, 2.24) is 0 Å². The molecule has 6 aromatic carbocycles. The minimum atomic E-state index is -2.42. The molecule has 0 radical (unpaired) electrons. The van der Waals surface area contributed by atoms with E-state index in [2.05, 4.69) is 134 Å². The van der Waals surface area contributed by atoms with Crippen molar-refractivity contribution in [2.45, 2.75) is 6.92 Å². The highest BCUT2D eigenvalue weighted by atomic mass is 28.3. The summed E-state index contributed by atoms with van der Waals surface area (Å²) in [7, 11) is -2.42. The van der Waals surface area contributed by atoms with Gasteiger partial charge in [0.1, 0.15) is 0 Å². The second-order valence-electron chi connectivity index (χ2n) is 9.40. The van der Waals surface area contributed by atoms with Crippen molar-refractivity contribution < 1.29 is 0 Å². The molecule has 0 spiro atoms. The molecule has 160 valence electrons. The maximum absolute atomic E-state index is 2.45. The molecule has 0 amide bonds. The molecule has 6 aromatic rings. The van der Waals surface area contributed by atoms with Crippen LogP contribution in [0.5, 0.6) is 0 Å². The summed E-state index contributed by atoms with van der Waals surface area (Å²) in [6.45, 7) is 2.18. The second kappa shape index (κ2) is 7.28. The third-order valence-corrected chi connectivity index (χ3v) is 12.5. The van der Waals surface area contributed by atoms with Crippen molar-refractivity contribution in [1.29, 1.82) is 0 Å². The van der Waals surface area contributed by atoms with E-state index in [9.17, 15) is 0 Å². The Balaban J connectivity index is 1.69. The molecule has 7 rings (SSSR count). The molecule has 0 nitrogen and oxygen atoms in total. The lowest BCUT2D eigenvalue weighted by molar-refractivity contribution is 1.51. The SMILES string of the molecule is Cc1ccc2ccc3c4c(ccc3c2c1)[Si](c1ccccc1)(c1ccccc1)c1ccccc1-4. The average Bonchev–Trinajstić information content (AvgIpc) is 3.21. The van der Waals surface area contributed by atoms with Crippen LogP contribution >= 0.6 is 0 Å². The first-order chi connectivity index (χ1) is 16.8. The van der Waals surface area contributed by atoms with Crippen LogP contribution in [-0.4, -0.2) is 8.07 Å². The lowest BCUT2D eigenvalue weighted by atomic mass is 9.94. The molecular formula is C33H24Si. The largest absolute Gasteiger partial charge is 0.180 e. The van der Waals surface area contributed by atoms with Crippen LogP contribution in [0.3, 0.4) is 0 Å². The summed E-state index contributed by atoms with van der Waals surface area (Å²) in [5.41, 5.74) is 4.13. The van der Waals surface area contributed by atoms with Gasteiger partial charge in [0.2, 0.25) is 0 Å². The molecule has 0 fully saturated rings. The number of rotatable bonds is 2. The van der Waals surface area contributed by atoms with Gasteiger partial charge in [-0.15, -0.1) is 0 Å². The Bertz CT molecular complexity index is 1660. The van der Waals surface area contributed by atoms with Crippen LogP contribution in [0.1, 0.15) is 5.56 Å². The van der Waals surface area contributed by atoms with Gasteiger partial charge in [-0.3, -0.25) is 0 Å². The Morgan fingerprint density at radius 3 is 1.82 bits per heavy atom. The Morgan fingerprint density at radius 1 is 0.471 bits per heavy atom. The van der Waals surface area contributed by atoms with Gasteiger partial charge < -0.3 is 0 Å². The molecular weight excluding hydrogens is 424 g/mol. The Hall–Kier alpha value is -3.94. The van der Waals surface area contributed by atoms with Crippen LogP contribution in [0.4, 0.5) is 0 Å². The van der Waals surface area contributed by atoms with Gasteiger partial charge in [0.15, 0.2) is 8.07 Å². The van der Waals surface area contributed by atoms with Gasteiger partial charge in [0, 0.05) is 0 Å². The van der Waals surface area contributed by atoms with Gasteiger partial charge in [-0.2, -0.15) is 0 Å². The summed E-state index contributed by atoms with van der Waals surface area (Å²) in [5, 5.41) is 11.3. The Morgan fingerprint density at radius 2 is 1.09 bits per heavy atom. The van der Waals surface area contributed by atoms with Gasteiger partial charge in [-0.05, 0) is 60.3 Å². The minimum absolute atomic E-state index is 1.30. The van der Waals surface area contributed by atoms with E-state index in [4.69, 9.17) is 0 Å². The van der Waals surface area contributed by atoms with Crippen LogP contribution in [0.25, 0.3) is 32.7 Å². The highest BCUT2D eigenvalue weighted by molar-refractivity contribution is 7.22. The molecule has 1 aliphatic rings. The van der Waals surface area contributed by atoms with E-state index in [-0.39, 0.29) is 0 Å². The first-order valence-corrected chi connectivity index (χ1v) is 14.0. The molecule has 0 aliphatic carbocycles. The highest BCUT2D eigenvalue weighted by Crippen LogP contribution is 2.37. The second-order valence-corrected chi connectivity index (χ2v) is 13.1. The zero-order valence-corrected chi connectivity index (χ0v) is 20.1. The molecule has 34 heavy (non-hydrogen) atoms. The first-order valence-electron chi connectivity index (χ1n) is 12.0. The zero-order valence-electron chi connectivity index (χ0n) is 19.1. The molecule has 0 saturated carbocycles. The number of fused-ring (bicyclic) bond motifs is 7. The highest BCUT2D eigenvalue weighted by Gasteiger charge is 2.48. The van der Waals surface area contributed by atoms with E-state index < -0.39 is 8.07 Å². The van der Waals surface area contributed by atoms with Gasteiger partial charge in [-0.25, -0.2) is 0 Å². The molecule has 1 heteroatoms. The van der Waals surface area contributed by atoms with Crippen molar-refractivity contribution in [3.63, 3.8) is 0 Å². The first kappa shape index (κ1) is 19.5. The predicted molar refractivity (Wildman–Crippen MR) is 149 cm³/mol. The van der Waals surface area contributed by atoms with Crippen molar-refractivity contribution in [2.75, 3.05) is 0 Å². The predicted octanol–water partition coefficient (Wildman–Crippen LogP) is 5.66. The van der Waals surface area contributed by atoms with Crippen molar-refractivity contribution in [3.05, 3.63) is 133 Å². The molecule has 0 bridgehead atoms. The monoisotopic (exact) mass is 448 g/mol. The molecule has 1 aliphatic heterocycles. The fraction of sp³-hybridized carbons (Fsp3) is 0.0303. The summed E-state index contributed by atoms with van der Waals surface area (Å²) in [4.78, 5) is 0. The third kappa shape index (κ3) is 2.53. The summed E-state index contributed by atoms with van der Waals surface area (Å²) in [6, 6.07) is 47.9. The van der Waals surface area contributed by atoms with Crippen LogP contribution < -0.4 is 20.7 Å². The van der Waals surface area contributed by atoms with E-state index >= 15 is 0 Å². The molecule has 0 aromatic heterocycles. The zero-order chi connectivity index (χ0) is 22.7. The summed E-state index contributed by atoms with van der Waals surface area (Å²) in [5.74, 6) is 0. The lowest BCUT2D eigenvalue weighted by Gasteiger charge is -2.31. The van der Waals surface area contributed by atoms with E-state index in [0.717, 1.165) is 0 Å². The van der Waals surface area contributed by atoms with Crippen LogP contribution in [0.15, 0.2) is 127 Å². The van der Waals surface area contributed by atoms with E-state index in [1.807, 2.05) is 0 Å². The fourth-order valence-electron chi connectivity index (χ4n) is 6.19. The van der Waals surface area contributed by atoms with Gasteiger partial charge in [0.25, 0.3) is 0 Å². The average molecular weight is 449 g/mol. The Kier molecular flexibility index (Phi) is 4.18. The summed E-state index contributed by atoms with van der Waals surface area (Å²) >= 11 is 0. The van der Waals surface area contributed by atoms with Gasteiger partial charge in [-0.1, -0.05) is 133 Å².